The monoisotopic (exact) mass is 1010 g/mol. The van der Waals surface area contributed by atoms with E-state index >= 15 is 0 Å². The van der Waals surface area contributed by atoms with E-state index in [1.165, 1.54) is 50.7 Å². The summed E-state index contributed by atoms with van der Waals surface area (Å²) in [5.41, 5.74) is 1.55. The van der Waals surface area contributed by atoms with Gasteiger partial charge in [0.25, 0.3) is 0 Å². The smallest absolute Gasteiger partial charge is 0.339 e. The van der Waals surface area contributed by atoms with Crippen molar-refractivity contribution in [3.8, 4) is 0 Å². The number of rotatable bonds is 16. The molecule has 0 spiro atoms. The van der Waals surface area contributed by atoms with Crippen molar-refractivity contribution in [1.29, 1.82) is 0 Å². The number of ether oxygens (including phenoxy) is 2. The van der Waals surface area contributed by atoms with Gasteiger partial charge in [0.1, 0.15) is 22.5 Å². The number of para-hydroxylation sites is 2. The molecule has 4 heterocycles. The Morgan fingerprint density at radius 3 is 1.37 bits per heavy atom. The van der Waals surface area contributed by atoms with E-state index in [1.54, 1.807) is 48.5 Å². The van der Waals surface area contributed by atoms with Crippen LogP contribution in [0.25, 0.3) is 21.8 Å². The van der Waals surface area contributed by atoms with Crippen LogP contribution in [0.15, 0.2) is 60.7 Å². The first-order valence-electron chi connectivity index (χ1n) is 25.9. The molecule has 2 aliphatic heterocycles. The number of carbonyl (C=O) groups is 6. The van der Waals surface area contributed by atoms with Crippen LogP contribution in [0.3, 0.4) is 0 Å². The summed E-state index contributed by atoms with van der Waals surface area (Å²) >= 11 is 12.7. The first-order chi connectivity index (χ1) is 34.5. The minimum absolute atomic E-state index is 0.133. The average molecular weight is 1010 g/mol. The molecular formula is C54H63Cl2N7O8. The van der Waals surface area contributed by atoms with Crippen LogP contribution in [0.4, 0.5) is 0 Å². The maximum Gasteiger partial charge on any atom is 0.339 e. The maximum atomic E-state index is 14.9. The molecule has 376 valence electrons. The zero-order chi connectivity index (χ0) is 49.2. The first-order valence-corrected chi connectivity index (χ1v) is 26.6. The molecule has 10 atom stereocenters. The van der Waals surface area contributed by atoms with E-state index in [1.807, 2.05) is 0 Å². The summed E-state index contributed by atoms with van der Waals surface area (Å²) in [7, 11) is 0. The van der Waals surface area contributed by atoms with Gasteiger partial charge in [0.15, 0.2) is 0 Å². The van der Waals surface area contributed by atoms with Gasteiger partial charge in [-0.2, -0.15) is 0 Å². The summed E-state index contributed by atoms with van der Waals surface area (Å²) in [6.07, 6.45) is 8.82. The van der Waals surface area contributed by atoms with Crippen LogP contribution in [0.1, 0.15) is 97.8 Å². The lowest BCUT2D eigenvalue weighted by atomic mass is 9.75. The molecule has 6 fully saturated rings. The van der Waals surface area contributed by atoms with E-state index in [4.69, 9.17) is 32.7 Å². The van der Waals surface area contributed by atoms with Crippen LogP contribution in [0.5, 0.6) is 0 Å². The Hall–Kier alpha value is -5.22. The minimum Gasteiger partial charge on any atom is -0.458 e. The topological polar surface area (TPSA) is 189 Å². The fraction of sp³-hybridized carbons (Fsp3) is 0.556. The number of halogens is 2. The molecule has 10 unspecified atom stereocenters. The first kappa shape index (κ1) is 49.4. The number of hydrogen-bond acceptors (Lipinski definition) is 12. The number of nitrogens with one attached hydrogen (secondary N) is 3. The van der Waals surface area contributed by atoms with Crippen molar-refractivity contribution in [3.05, 3.63) is 82.1 Å². The highest BCUT2D eigenvalue weighted by atomic mass is 35.5. The molecule has 15 nitrogen and oxygen atoms in total. The summed E-state index contributed by atoms with van der Waals surface area (Å²) < 4.78 is 12.5. The van der Waals surface area contributed by atoms with Crippen LogP contribution in [0, 0.1) is 47.3 Å². The van der Waals surface area contributed by atoms with Gasteiger partial charge in [0.2, 0.25) is 23.6 Å². The Morgan fingerprint density at radius 1 is 0.535 bits per heavy atom. The fourth-order valence-corrected chi connectivity index (χ4v) is 13.7. The zero-order valence-corrected chi connectivity index (χ0v) is 41.5. The van der Waals surface area contributed by atoms with Gasteiger partial charge in [-0.3, -0.25) is 24.5 Å². The second kappa shape index (κ2) is 21.9. The third kappa shape index (κ3) is 10.7. The average Bonchev–Trinajstić information content (AvgIpc) is 4.17. The molecule has 4 amide bonds. The van der Waals surface area contributed by atoms with Crippen molar-refractivity contribution in [2.75, 3.05) is 52.4 Å². The lowest BCUT2D eigenvalue weighted by molar-refractivity contribution is -0.147. The second-order valence-electron chi connectivity index (χ2n) is 20.7. The molecule has 17 heteroatoms. The van der Waals surface area contributed by atoms with Gasteiger partial charge in [-0.15, -0.1) is 0 Å². The van der Waals surface area contributed by atoms with Crippen LogP contribution in [0.2, 0.25) is 10.3 Å². The molecule has 4 aliphatic carbocycles. The van der Waals surface area contributed by atoms with Crippen LogP contribution in [-0.2, 0) is 28.7 Å². The predicted octanol–water partition coefficient (Wildman–Crippen LogP) is 7.01. The number of nitrogens with zero attached hydrogens (tertiary/aromatic N) is 4. The van der Waals surface area contributed by atoms with Crippen molar-refractivity contribution in [2.45, 2.75) is 89.3 Å². The van der Waals surface area contributed by atoms with Gasteiger partial charge in [-0.25, -0.2) is 19.6 Å². The molecule has 2 aromatic carbocycles. The van der Waals surface area contributed by atoms with E-state index in [0.29, 0.717) is 60.6 Å². The van der Waals surface area contributed by atoms with Crippen molar-refractivity contribution in [3.63, 3.8) is 0 Å². The van der Waals surface area contributed by atoms with Gasteiger partial charge in [-0.1, -0.05) is 72.4 Å². The number of imide groups is 1. The Balaban J connectivity index is 0.880. The summed E-state index contributed by atoms with van der Waals surface area (Å²) in [6.45, 7) is 6.77. The van der Waals surface area contributed by atoms with E-state index in [0.717, 1.165) is 52.1 Å². The van der Waals surface area contributed by atoms with E-state index in [2.05, 4.69) is 35.7 Å². The largest absolute Gasteiger partial charge is 0.458 e. The van der Waals surface area contributed by atoms with Crippen LogP contribution < -0.4 is 16.0 Å². The highest BCUT2D eigenvalue weighted by Crippen LogP contribution is 2.56. The molecule has 6 aliphatic rings. The number of pyridine rings is 2. The highest BCUT2D eigenvalue weighted by molar-refractivity contribution is 6.31. The Labute approximate surface area is 423 Å². The molecule has 4 bridgehead atoms. The zero-order valence-electron chi connectivity index (χ0n) is 40.0. The van der Waals surface area contributed by atoms with Gasteiger partial charge in [0, 0.05) is 35.7 Å². The van der Waals surface area contributed by atoms with Gasteiger partial charge in [0.05, 0.1) is 45.8 Å². The molecule has 0 radical (unpaired) electrons. The van der Waals surface area contributed by atoms with Crippen LogP contribution in [-0.4, -0.2) is 120 Å². The van der Waals surface area contributed by atoms with Gasteiger partial charge >= 0.3 is 11.9 Å². The molecule has 3 N–H and O–H groups in total. The lowest BCUT2D eigenvalue weighted by Crippen LogP contribution is -2.53. The third-order valence-electron chi connectivity index (χ3n) is 16.5. The lowest BCUT2D eigenvalue weighted by Gasteiger charge is -2.36. The number of amides is 4. The molecule has 4 saturated carbocycles. The number of esters is 2. The number of benzene rings is 2. The summed E-state index contributed by atoms with van der Waals surface area (Å²) in [4.78, 5) is 99.9. The molecular weight excluding hydrogens is 946 g/mol. The summed E-state index contributed by atoms with van der Waals surface area (Å²) in [5.74, 6) is -8.36. The number of carbonyl (C=O) groups excluding carboxylic acids is 6. The van der Waals surface area contributed by atoms with E-state index in [-0.39, 0.29) is 45.1 Å². The predicted molar refractivity (Wildman–Crippen MR) is 267 cm³/mol. The molecule has 2 saturated heterocycles. The summed E-state index contributed by atoms with van der Waals surface area (Å²) in [5, 5.41) is 10.3. The maximum absolute atomic E-state index is 14.9. The van der Waals surface area contributed by atoms with Crippen molar-refractivity contribution in [1.82, 2.24) is 35.7 Å². The van der Waals surface area contributed by atoms with E-state index < -0.39 is 71.5 Å². The van der Waals surface area contributed by atoms with E-state index in [9.17, 15) is 28.8 Å². The van der Waals surface area contributed by atoms with Crippen molar-refractivity contribution < 1.29 is 38.2 Å². The molecule has 2 aromatic heterocycles. The highest BCUT2D eigenvalue weighted by Gasteiger charge is 2.62. The normalized spacial score (nSPS) is 28.2. The number of piperidine rings is 2. The number of fused-ring (bicyclic) bond motifs is 6. The third-order valence-corrected chi connectivity index (χ3v) is 16.9. The minimum atomic E-state index is -1.01. The van der Waals surface area contributed by atoms with Crippen molar-refractivity contribution >= 4 is 80.6 Å². The van der Waals surface area contributed by atoms with Gasteiger partial charge in [-0.05, 0) is 140 Å². The van der Waals surface area contributed by atoms with Crippen LogP contribution >= 0.6 is 23.2 Å². The number of likely N-dealkylation sites (tertiary alicyclic amines) is 2. The molecule has 71 heavy (non-hydrogen) atoms. The number of aromatic nitrogens is 2. The SMILES string of the molecule is O=C(OC1CC2CC1C(C(=O)NC(=O)C1C3CC(CC3OC(=O)c3cc(Cl)nc4ccccc34)C1C(=O)NCCCN1CCCCC1)C2C(=O)NCCCN1CCCCC1)c1cc(Cl)nc2ccccc12. The van der Waals surface area contributed by atoms with Crippen molar-refractivity contribution in [2.24, 2.45) is 47.3 Å². The fourth-order valence-electron chi connectivity index (χ4n) is 13.3. The summed E-state index contributed by atoms with van der Waals surface area (Å²) in [6, 6.07) is 17.2. The quantitative estimate of drug-likeness (QED) is 0.0452. The Morgan fingerprint density at radius 2 is 0.944 bits per heavy atom. The number of hydrogen-bond donors (Lipinski definition) is 3. The molecule has 4 aromatic rings. The second-order valence-corrected chi connectivity index (χ2v) is 21.5. The van der Waals surface area contributed by atoms with Gasteiger partial charge < -0.3 is 29.9 Å². The Bertz CT molecular complexity index is 2500. The molecule has 10 rings (SSSR count). The standard InChI is InChI=1S/C54H63Cl2N7O8/c55-43-29-35(33-13-3-5-15-39(33)59-43)53(68)70-41-27-31-25-37(41)47(45(31)49(64)57-17-11-23-62-19-7-1-8-20-62)51(66)61-52(67)48-38-26-32(46(48)50(65)58-18-12-24-63-21-9-2-10-22-63)28-42(38)71-54(69)36-30-44(56)60-40-16-6-4-14-34(36)40/h3-6,13-16,29-32,37-38,41-42,45-48H,1-2,7-12,17-28H2,(H,57,64)(H,58,65)(H,61,66,67). The Kier molecular flexibility index (Phi) is 15.2.